The molecule has 15 heavy (non-hydrogen) atoms. The van der Waals surface area contributed by atoms with Crippen LogP contribution in [-0.4, -0.2) is 15.8 Å². The highest BCUT2D eigenvalue weighted by atomic mass is 16.1. The molecule has 0 saturated heterocycles. The largest absolute Gasteiger partial charge is 0.322 e. The van der Waals surface area contributed by atoms with E-state index < -0.39 is 0 Å². The Morgan fingerprint density at radius 1 is 1.33 bits per heavy atom. The van der Waals surface area contributed by atoms with Gasteiger partial charge in [0.15, 0.2) is 6.29 Å². The molecular weight excluding hydrogens is 188 g/mol. The molecule has 0 unspecified atom stereocenters. The van der Waals surface area contributed by atoms with Gasteiger partial charge < -0.3 is 4.57 Å². The molecule has 0 aliphatic carbocycles. The third-order valence-electron chi connectivity index (χ3n) is 2.39. The van der Waals surface area contributed by atoms with E-state index in [1.807, 2.05) is 41.8 Å². The molecule has 0 spiro atoms. The van der Waals surface area contributed by atoms with Crippen molar-refractivity contribution in [2.75, 3.05) is 0 Å². The van der Waals surface area contributed by atoms with Gasteiger partial charge in [0.2, 0.25) is 0 Å². The van der Waals surface area contributed by atoms with E-state index in [0.717, 1.165) is 12.1 Å². The fourth-order valence-corrected chi connectivity index (χ4v) is 1.55. The maximum atomic E-state index is 10.8. The number of rotatable bonds is 3. The third kappa shape index (κ3) is 1.96. The van der Waals surface area contributed by atoms with Crippen molar-refractivity contribution < 1.29 is 4.79 Å². The van der Waals surface area contributed by atoms with E-state index in [9.17, 15) is 4.79 Å². The first kappa shape index (κ1) is 9.65. The number of aryl methyl sites for hydroxylation is 1. The normalized spacial score (nSPS) is 10.2. The highest BCUT2D eigenvalue weighted by molar-refractivity contribution is 5.71. The van der Waals surface area contributed by atoms with Gasteiger partial charge in [0.1, 0.15) is 11.5 Å². The Hall–Kier alpha value is -1.90. The minimum absolute atomic E-state index is 0.622. The number of hydrogen-bond donors (Lipinski definition) is 0. The van der Waals surface area contributed by atoms with Gasteiger partial charge in [0.05, 0.1) is 6.20 Å². The maximum absolute atomic E-state index is 10.8. The number of aldehydes is 1. The van der Waals surface area contributed by atoms with Crippen LogP contribution < -0.4 is 0 Å². The van der Waals surface area contributed by atoms with E-state index in [-0.39, 0.29) is 0 Å². The van der Waals surface area contributed by atoms with Crippen molar-refractivity contribution in [3.63, 3.8) is 0 Å². The molecule has 3 nitrogen and oxygen atoms in total. The zero-order valence-corrected chi connectivity index (χ0v) is 8.55. The monoisotopic (exact) mass is 200 g/mol. The van der Waals surface area contributed by atoms with Crippen LogP contribution in [0.4, 0.5) is 0 Å². The fourth-order valence-electron chi connectivity index (χ4n) is 1.55. The summed E-state index contributed by atoms with van der Waals surface area (Å²) in [6.45, 7) is 2.59. The quantitative estimate of drug-likeness (QED) is 0.711. The smallest absolute Gasteiger partial charge is 0.168 e. The first-order valence-corrected chi connectivity index (χ1v) is 4.82. The van der Waals surface area contributed by atoms with Gasteiger partial charge in [-0.05, 0) is 12.5 Å². The SMILES string of the molecule is Cc1ncc(C=O)n1Cc1ccccc1. The van der Waals surface area contributed by atoms with Crippen LogP contribution in [0.2, 0.25) is 0 Å². The molecule has 0 radical (unpaired) electrons. The lowest BCUT2D eigenvalue weighted by Crippen LogP contribution is -2.05. The van der Waals surface area contributed by atoms with Crippen LogP contribution in [0, 0.1) is 6.92 Å². The third-order valence-corrected chi connectivity index (χ3v) is 2.39. The predicted octanol–water partition coefficient (Wildman–Crippen LogP) is 2.05. The fraction of sp³-hybridized carbons (Fsp3) is 0.167. The molecule has 2 rings (SSSR count). The van der Waals surface area contributed by atoms with Crippen molar-refractivity contribution in [1.82, 2.24) is 9.55 Å². The molecule has 1 aromatic carbocycles. The van der Waals surface area contributed by atoms with Crippen molar-refractivity contribution in [2.24, 2.45) is 0 Å². The molecule has 76 valence electrons. The summed E-state index contributed by atoms with van der Waals surface area (Å²) < 4.78 is 1.91. The van der Waals surface area contributed by atoms with Crippen LogP contribution >= 0.6 is 0 Å². The second-order valence-corrected chi connectivity index (χ2v) is 3.42. The second kappa shape index (κ2) is 4.09. The Labute approximate surface area is 88.4 Å². The Morgan fingerprint density at radius 2 is 2.07 bits per heavy atom. The first-order chi connectivity index (χ1) is 7.31. The minimum atomic E-state index is 0.622. The molecule has 1 heterocycles. The van der Waals surface area contributed by atoms with E-state index in [2.05, 4.69) is 4.98 Å². The van der Waals surface area contributed by atoms with Crippen molar-refractivity contribution in [2.45, 2.75) is 13.5 Å². The Morgan fingerprint density at radius 3 is 2.73 bits per heavy atom. The Bertz CT molecular complexity index is 460. The van der Waals surface area contributed by atoms with E-state index in [0.29, 0.717) is 12.2 Å². The van der Waals surface area contributed by atoms with Gasteiger partial charge in [0, 0.05) is 6.54 Å². The Balaban J connectivity index is 2.31. The molecule has 0 amide bonds. The molecule has 0 atom stereocenters. The topological polar surface area (TPSA) is 34.9 Å². The van der Waals surface area contributed by atoms with Gasteiger partial charge in [-0.2, -0.15) is 0 Å². The van der Waals surface area contributed by atoms with Crippen LogP contribution in [0.5, 0.6) is 0 Å². The molecule has 0 aliphatic heterocycles. The summed E-state index contributed by atoms with van der Waals surface area (Å²) in [6, 6.07) is 10.0. The van der Waals surface area contributed by atoms with E-state index in [1.165, 1.54) is 5.56 Å². The summed E-state index contributed by atoms with van der Waals surface area (Å²) in [5.41, 5.74) is 1.79. The lowest BCUT2D eigenvalue weighted by atomic mass is 10.2. The molecular formula is C12H12N2O. The second-order valence-electron chi connectivity index (χ2n) is 3.42. The summed E-state index contributed by atoms with van der Waals surface area (Å²) in [7, 11) is 0. The van der Waals surface area contributed by atoms with Gasteiger partial charge in [-0.15, -0.1) is 0 Å². The van der Waals surface area contributed by atoms with Gasteiger partial charge >= 0.3 is 0 Å². The molecule has 2 aromatic rings. The number of nitrogens with zero attached hydrogens (tertiary/aromatic N) is 2. The molecule has 1 aromatic heterocycles. The summed E-state index contributed by atoms with van der Waals surface area (Å²) in [4.78, 5) is 14.9. The average Bonchev–Trinajstić information content (AvgIpc) is 2.62. The lowest BCUT2D eigenvalue weighted by Gasteiger charge is -2.06. The zero-order valence-electron chi connectivity index (χ0n) is 8.55. The molecule has 0 saturated carbocycles. The number of aromatic nitrogens is 2. The van der Waals surface area contributed by atoms with Crippen LogP contribution in [0.1, 0.15) is 21.9 Å². The van der Waals surface area contributed by atoms with Gasteiger partial charge in [-0.3, -0.25) is 4.79 Å². The zero-order chi connectivity index (χ0) is 10.7. The van der Waals surface area contributed by atoms with Crippen LogP contribution in [0.3, 0.4) is 0 Å². The Kier molecular flexibility index (Phi) is 2.63. The van der Waals surface area contributed by atoms with Crippen molar-refractivity contribution in [3.8, 4) is 0 Å². The number of hydrogen-bond acceptors (Lipinski definition) is 2. The van der Waals surface area contributed by atoms with Crippen LogP contribution in [-0.2, 0) is 6.54 Å². The van der Waals surface area contributed by atoms with Crippen LogP contribution in [0.15, 0.2) is 36.5 Å². The number of carbonyl (C=O) groups is 1. The van der Waals surface area contributed by atoms with E-state index in [1.54, 1.807) is 6.20 Å². The lowest BCUT2D eigenvalue weighted by molar-refractivity contribution is 0.111. The number of imidazole rings is 1. The maximum Gasteiger partial charge on any atom is 0.168 e. The highest BCUT2D eigenvalue weighted by Crippen LogP contribution is 2.07. The molecule has 0 N–H and O–H groups in total. The van der Waals surface area contributed by atoms with E-state index >= 15 is 0 Å². The molecule has 0 bridgehead atoms. The molecule has 0 fully saturated rings. The van der Waals surface area contributed by atoms with Gasteiger partial charge in [-0.1, -0.05) is 30.3 Å². The van der Waals surface area contributed by atoms with Crippen molar-refractivity contribution in [1.29, 1.82) is 0 Å². The summed E-state index contributed by atoms with van der Waals surface area (Å²) in [6.07, 6.45) is 2.44. The van der Waals surface area contributed by atoms with E-state index in [4.69, 9.17) is 0 Å². The standard InChI is InChI=1S/C12H12N2O/c1-10-13-7-12(9-15)14(10)8-11-5-3-2-4-6-11/h2-7,9H,8H2,1H3. The highest BCUT2D eigenvalue weighted by Gasteiger charge is 2.05. The first-order valence-electron chi connectivity index (χ1n) is 4.82. The van der Waals surface area contributed by atoms with Gasteiger partial charge in [-0.25, -0.2) is 4.98 Å². The van der Waals surface area contributed by atoms with Crippen LogP contribution in [0.25, 0.3) is 0 Å². The molecule has 0 aliphatic rings. The summed E-state index contributed by atoms with van der Waals surface area (Å²) in [5.74, 6) is 0.862. The minimum Gasteiger partial charge on any atom is -0.322 e. The number of carbonyl (C=O) groups excluding carboxylic acids is 1. The predicted molar refractivity (Wildman–Crippen MR) is 57.9 cm³/mol. The summed E-state index contributed by atoms with van der Waals surface area (Å²) >= 11 is 0. The summed E-state index contributed by atoms with van der Waals surface area (Å²) in [5, 5.41) is 0. The van der Waals surface area contributed by atoms with Crippen molar-refractivity contribution in [3.05, 3.63) is 53.6 Å². The molecule has 3 heteroatoms. The van der Waals surface area contributed by atoms with Gasteiger partial charge in [0.25, 0.3) is 0 Å². The average molecular weight is 200 g/mol. The van der Waals surface area contributed by atoms with Crippen molar-refractivity contribution >= 4 is 6.29 Å². The number of benzene rings is 1.